The maximum absolute atomic E-state index is 5.55. The van der Waals surface area contributed by atoms with Crippen molar-refractivity contribution in [2.24, 2.45) is 0 Å². The summed E-state index contributed by atoms with van der Waals surface area (Å²) in [5.41, 5.74) is 1.54. The van der Waals surface area contributed by atoms with Crippen LogP contribution < -0.4 is 5.32 Å². The molecular weight excluding hydrogens is 242 g/mol. The molecule has 0 amide bonds. The van der Waals surface area contributed by atoms with Gasteiger partial charge in [-0.1, -0.05) is 19.8 Å². The van der Waals surface area contributed by atoms with Crippen LogP contribution in [0.15, 0.2) is 12.7 Å². The smallest absolute Gasteiger partial charge is 0.182 e. The first-order valence-electron chi connectivity index (χ1n) is 6.87. The normalized spacial score (nSPS) is 11.0. The van der Waals surface area contributed by atoms with Crippen molar-refractivity contribution in [2.45, 2.75) is 32.6 Å². The van der Waals surface area contributed by atoms with Crippen molar-refractivity contribution in [1.82, 2.24) is 19.9 Å². The molecule has 0 aliphatic rings. The number of hydrogen-bond acceptors (Lipinski definition) is 5. The predicted octanol–water partition coefficient (Wildman–Crippen LogP) is 2.36. The van der Waals surface area contributed by atoms with Crippen molar-refractivity contribution < 1.29 is 4.74 Å². The molecule has 0 bridgehead atoms. The Morgan fingerprint density at radius 1 is 1.16 bits per heavy atom. The Morgan fingerprint density at radius 3 is 2.95 bits per heavy atom. The highest BCUT2D eigenvalue weighted by molar-refractivity contribution is 5.81. The molecule has 0 aromatic carbocycles. The Bertz CT molecular complexity index is 485. The summed E-state index contributed by atoms with van der Waals surface area (Å²) in [6.45, 7) is 4.68. The highest BCUT2D eigenvalue weighted by Gasteiger charge is 2.04. The van der Waals surface area contributed by atoms with Gasteiger partial charge in [0.1, 0.15) is 11.8 Å². The minimum absolute atomic E-state index is 0.688. The number of hydrogen-bond donors (Lipinski definition) is 2. The van der Waals surface area contributed by atoms with Gasteiger partial charge >= 0.3 is 0 Å². The summed E-state index contributed by atoms with van der Waals surface area (Å²) in [5, 5.41) is 3.27. The number of imidazole rings is 1. The first-order valence-corrected chi connectivity index (χ1v) is 6.87. The summed E-state index contributed by atoms with van der Waals surface area (Å²) in [6, 6.07) is 0. The molecule has 0 saturated carbocycles. The van der Waals surface area contributed by atoms with Gasteiger partial charge < -0.3 is 15.0 Å². The summed E-state index contributed by atoms with van der Waals surface area (Å²) >= 11 is 0. The molecule has 19 heavy (non-hydrogen) atoms. The third-order valence-electron chi connectivity index (χ3n) is 2.87. The zero-order valence-electron chi connectivity index (χ0n) is 11.4. The van der Waals surface area contributed by atoms with Crippen LogP contribution in [0.5, 0.6) is 0 Å². The fourth-order valence-electron chi connectivity index (χ4n) is 1.84. The highest BCUT2D eigenvalue weighted by atomic mass is 16.5. The predicted molar refractivity (Wildman–Crippen MR) is 75.1 cm³/mol. The number of unbranched alkanes of at least 4 members (excludes halogenated alkanes) is 2. The number of nitrogens with zero attached hydrogens (tertiary/aromatic N) is 3. The van der Waals surface area contributed by atoms with Gasteiger partial charge in [-0.2, -0.15) is 0 Å². The summed E-state index contributed by atoms with van der Waals surface area (Å²) < 4.78 is 5.55. The van der Waals surface area contributed by atoms with E-state index in [1.807, 2.05) is 0 Å². The molecule has 2 N–H and O–H groups in total. The Hall–Kier alpha value is -1.69. The fourth-order valence-corrected chi connectivity index (χ4v) is 1.84. The monoisotopic (exact) mass is 263 g/mol. The van der Waals surface area contributed by atoms with E-state index in [0.29, 0.717) is 5.65 Å². The summed E-state index contributed by atoms with van der Waals surface area (Å²) in [6.07, 6.45) is 7.75. The molecule has 2 rings (SSSR count). The van der Waals surface area contributed by atoms with E-state index in [1.54, 1.807) is 6.33 Å². The van der Waals surface area contributed by atoms with Crippen molar-refractivity contribution in [3.05, 3.63) is 12.7 Å². The van der Waals surface area contributed by atoms with Crippen molar-refractivity contribution in [1.29, 1.82) is 0 Å². The Balaban J connectivity index is 1.64. The number of fused-ring (bicyclic) bond motifs is 1. The van der Waals surface area contributed by atoms with Crippen LogP contribution in [-0.4, -0.2) is 39.7 Å². The maximum atomic E-state index is 5.55. The fraction of sp³-hybridized carbons (Fsp3) is 0.615. The molecule has 2 heterocycles. The summed E-state index contributed by atoms with van der Waals surface area (Å²) in [5.74, 6) is 0.800. The standard InChI is InChI=1S/C13H21N5O/c1-2-3-4-7-19-8-5-6-14-12-11-13(16-9-15-11)18-10-17-12/h9-10H,2-8H2,1H3,(H2,14,15,16,17,18). The van der Waals surface area contributed by atoms with E-state index in [2.05, 4.69) is 32.2 Å². The van der Waals surface area contributed by atoms with E-state index in [9.17, 15) is 0 Å². The second kappa shape index (κ2) is 7.68. The second-order valence-corrected chi connectivity index (χ2v) is 4.42. The van der Waals surface area contributed by atoms with E-state index < -0.39 is 0 Å². The lowest BCUT2D eigenvalue weighted by Gasteiger charge is -2.06. The van der Waals surface area contributed by atoms with Gasteiger partial charge in [-0.05, 0) is 12.8 Å². The van der Waals surface area contributed by atoms with Crippen molar-refractivity contribution >= 4 is 17.0 Å². The zero-order valence-corrected chi connectivity index (χ0v) is 11.4. The number of anilines is 1. The van der Waals surface area contributed by atoms with Gasteiger partial charge in [0.2, 0.25) is 0 Å². The van der Waals surface area contributed by atoms with Crippen LogP contribution in [-0.2, 0) is 4.74 Å². The van der Waals surface area contributed by atoms with Gasteiger partial charge in [-0.15, -0.1) is 0 Å². The van der Waals surface area contributed by atoms with Gasteiger partial charge in [-0.3, -0.25) is 0 Å². The molecule has 0 radical (unpaired) electrons. The Morgan fingerprint density at radius 2 is 2.05 bits per heavy atom. The van der Waals surface area contributed by atoms with Crippen LogP contribution in [0.3, 0.4) is 0 Å². The third kappa shape index (κ3) is 4.17. The van der Waals surface area contributed by atoms with Crippen molar-refractivity contribution in [3.8, 4) is 0 Å². The molecule has 6 heteroatoms. The molecule has 0 atom stereocenters. The molecule has 0 fully saturated rings. The van der Waals surface area contributed by atoms with E-state index in [-0.39, 0.29) is 0 Å². The van der Waals surface area contributed by atoms with Gasteiger partial charge in [0.15, 0.2) is 11.5 Å². The van der Waals surface area contributed by atoms with Crippen LogP contribution in [0.2, 0.25) is 0 Å². The first kappa shape index (κ1) is 13.7. The Kier molecular flexibility index (Phi) is 5.55. The van der Waals surface area contributed by atoms with E-state index >= 15 is 0 Å². The molecule has 0 spiro atoms. The molecule has 0 saturated heterocycles. The molecule has 0 unspecified atom stereocenters. The highest BCUT2D eigenvalue weighted by Crippen LogP contribution is 2.13. The molecule has 0 aliphatic carbocycles. The van der Waals surface area contributed by atoms with Crippen LogP contribution in [0.25, 0.3) is 11.2 Å². The van der Waals surface area contributed by atoms with Gasteiger partial charge in [0.05, 0.1) is 6.33 Å². The topological polar surface area (TPSA) is 75.7 Å². The molecule has 6 nitrogen and oxygen atoms in total. The average molecular weight is 263 g/mol. The number of ether oxygens (including phenoxy) is 1. The van der Waals surface area contributed by atoms with Gasteiger partial charge in [0, 0.05) is 19.8 Å². The average Bonchev–Trinajstić information content (AvgIpc) is 2.91. The number of aromatic nitrogens is 4. The van der Waals surface area contributed by atoms with E-state index in [1.165, 1.54) is 19.2 Å². The van der Waals surface area contributed by atoms with Crippen molar-refractivity contribution in [3.63, 3.8) is 0 Å². The minimum atomic E-state index is 0.688. The van der Waals surface area contributed by atoms with Crippen LogP contribution >= 0.6 is 0 Å². The molecule has 2 aromatic heterocycles. The number of H-pyrrole nitrogens is 1. The molecule has 2 aromatic rings. The molecule has 104 valence electrons. The quantitative estimate of drug-likeness (QED) is 0.679. The van der Waals surface area contributed by atoms with E-state index in [0.717, 1.165) is 43.9 Å². The molecule has 0 aliphatic heterocycles. The summed E-state index contributed by atoms with van der Waals surface area (Å²) in [7, 11) is 0. The summed E-state index contributed by atoms with van der Waals surface area (Å²) in [4.78, 5) is 15.4. The van der Waals surface area contributed by atoms with Crippen LogP contribution in [0, 0.1) is 0 Å². The van der Waals surface area contributed by atoms with Crippen molar-refractivity contribution in [2.75, 3.05) is 25.1 Å². The first-order chi connectivity index (χ1) is 9.42. The largest absolute Gasteiger partial charge is 0.381 e. The molecular formula is C13H21N5O. The lowest BCUT2D eigenvalue weighted by Crippen LogP contribution is -2.08. The van der Waals surface area contributed by atoms with Gasteiger partial charge in [0.25, 0.3) is 0 Å². The second-order valence-electron chi connectivity index (χ2n) is 4.42. The Labute approximate surface area is 113 Å². The third-order valence-corrected chi connectivity index (χ3v) is 2.87. The number of nitrogens with one attached hydrogen (secondary N) is 2. The number of aromatic amines is 1. The van der Waals surface area contributed by atoms with Crippen LogP contribution in [0.1, 0.15) is 32.6 Å². The lowest BCUT2D eigenvalue weighted by atomic mass is 10.3. The van der Waals surface area contributed by atoms with Crippen LogP contribution in [0.4, 0.5) is 5.82 Å². The zero-order chi connectivity index (χ0) is 13.3. The number of rotatable bonds is 9. The van der Waals surface area contributed by atoms with Gasteiger partial charge in [-0.25, -0.2) is 15.0 Å². The minimum Gasteiger partial charge on any atom is -0.381 e. The van der Waals surface area contributed by atoms with E-state index in [4.69, 9.17) is 4.74 Å². The SMILES string of the molecule is CCCCCOCCCNc1ncnc2nc[nH]c12. The maximum Gasteiger partial charge on any atom is 0.182 e. The lowest BCUT2D eigenvalue weighted by molar-refractivity contribution is 0.130.